The van der Waals surface area contributed by atoms with Gasteiger partial charge in [0.25, 0.3) is 0 Å². The second-order valence-corrected chi connectivity index (χ2v) is 7.03. The molecule has 0 aromatic carbocycles. The highest BCUT2D eigenvalue weighted by Gasteiger charge is 2.23. The molecule has 4 heterocycles. The Bertz CT molecular complexity index is 1070. The molecule has 0 atom stereocenters. The van der Waals surface area contributed by atoms with Crippen LogP contribution < -0.4 is 0 Å². The number of carbonyl (C=O) groups is 1. The first kappa shape index (κ1) is 16.5. The van der Waals surface area contributed by atoms with Crippen LogP contribution >= 0.6 is 11.3 Å². The summed E-state index contributed by atoms with van der Waals surface area (Å²) >= 11 is 1.37. The van der Waals surface area contributed by atoms with Crippen LogP contribution in [0.15, 0.2) is 55.0 Å². The summed E-state index contributed by atoms with van der Waals surface area (Å²) in [6.07, 6.45) is 5.54. The van der Waals surface area contributed by atoms with Crippen molar-refractivity contribution in [3.8, 4) is 5.69 Å². The summed E-state index contributed by atoms with van der Waals surface area (Å²) in [5.41, 5.74) is 3.57. The Morgan fingerprint density at radius 1 is 1.19 bits per heavy atom. The van der Waals surface area contributed by atoms with Gasteiger partial charge >= 0.3 is 5.97 Å². The van der Waals surface area contributed by atoms with Crippen molar-refractivity contribution in [2.24, 2.45) is 0 Å². The summed E-state index contributed by atoms with van der Waals surface area (Å²) < 4.78 is 7.47. The van der Waals surface area contributed by atoms with E-state index in [4.69, 9.17) is 4.74 Å². The Hall–Kier alpha value is -2.99. The molecule has 4 aromatic heterocycles. The maximum Gasteiger partial charge on any atom is 0.350 e. The minimum Gasteiger partial charge on any atom is -0.455 e. The van der Waals surface area contributed by atoms with E-state index >= 15 is 0 Å². The van der Waals surface area contributed by atoms with Crippen LogP contribution in [0.2, 0.25) is 0 Å². The molecule has 0 saturated heterocycles. The predicted octanol–water partition coefficient (Wildman–Crippen LogP) is 4.46. The van der Waals surface area contributed by atoms with Gasteiger partial charge < -0.3 is 9.30 Å². The molecule has 0 radical (unpaired) electrons. The number of aryl methyl sites for hydroxylation is 2. The highest BCUT2D eigenvalue weighted by atomic mass is 32.1. The topological polar surface area (TPSA) is 57.0 Å². The molecule has 6 heteroatoms. The zero-order valence-corrected chi connectivity index (χ0v) is 15.3. The number of rotatable bonds is 4. The summed E-state index contributed by atoms with van der Waals surface area (Å²) in [7, 11) is 0. The van der Waals surface area contributed by atoms with Crippen LogP contribution in [0.25, 0.3) is 15.9 Å². The van der Waals surface area contributed by atoms with Gasteiger partial charge in [-0.1, -0.05) is 6.07 Å². The molecule has 0 aliphatic rings. The van der Waals surface area contributed by atoms with Crippen LogP contribution in [0, 0.1) is 13.8 Å². The van der Waals surface area contributed by atoms with Crippen LogP contribution in [0.1, 0.15) is 26.6 Å². The number of fused-ring (bicyclic) bond motifs is 1. The number of hydrogen-bond acceptors (Lipinski definition) is 5. The zero-order valence-electron chi connectivity index (χ0n) is 14.5. The minimum absolute atomic E-state index is 0.143. The Kier molecular flexibility index (Phi) is 4.26. The Balaban J connectivity index is 1.77. The van der Waals surface area contributed by atoms with Gasteiger partial charge in [-0.05, 0) is 49.7 Å². The predicted molar refractivity (Wildman–Crippen MR) is 102 cm³/mol. The van der Waals surface area contributed by atoms with E-state index in [1.165, 1.54) is 11.3 Å². The molecule has 0 unspecified atom stereocenters. The van der Waals surface area contributed by atoms with Gasteiger partial charge in [-0.25, -0.2) is 9.78 Å². The maximum atomic E-state index is 12.8. The van der Waals surface area contributed by atoms with E-state index in [2.05, 4.69) is 9.97 Å². The molecular formula is C20H17N3O2S. The lowest BCUT2D eigenvalue weighted by Gasteiger charge is -2.08. The first-order valence-corrected chi connectivity index (χ1v) is 9.06. The van der Waals surface area contributed by atoms with Gasteiger partial charge in [0.05, 0.1) is 11.4 Å². The molecule has 0 saturated carbocycles. The molecule has 0 fully saturated rings. The Morgan fingerprint density at radius 2 is 2.00 bits per heavy atom. The smallest absolute Gasteiger partial charge is 0.350 e. The lowest BCUT2D eigenvalue weighted by Crippen LogP contribution is -2.07. The fraction of sp³-hybridized carbons (Fsp3) is 0.150. The second kappa shape index (κ2) is 6.72. The Morgan fingerprint density at radius 3 is 2.73 bits per heavy atom. The van der Waals surface area contributed by atoms with E-state index in [1.54, 1.807) is 6.20 Å². The third-order valence-corrected chi connectivity index (χ3v) is 5.14. The number of ether oxygens (including phenoxy) is 1. The quantitative estimate of drug-likeness (QED) is 0.503. The van der Waals surface area contributed by atoms with Crippen molar-refractivity contribution in [3.05, 3.63) is 76.8 Å². The van der Waals surface area contributed by atoms with Gasteiger partial charge in [-0.3, -0.25) is 4.98 Å². The standard InChI is InChI=1S/C20H17N3O2S/c1-13-11-14(2)22-19-16(13)17(23-9-5-6-10-23)18(26-19)20(24)25-12-15-7-3-4-8-21-15/h3-11H,12H2,1-2H3. The zero-order chi connectivity index (χ0) is 18.1. The van der Waals surface area contributed by atoms with Crippen molar-refractivity contribution in [1.82, 2.24) is 14.5 Å². The Labute approximate surface area is 154 Å². The lowest BCUT2D eigenvalue weighted by molar-refractivity contribution is 0.0473. The molecule has 0 amide bonds. The average Bonchev–Trinajstić information content (AvgIpc) is 3.27. The number of nitrogens with zero attached hydrogens (tertiary/aromatic N) is 3. The summed E-state index contributed by atoms with van der Waals surface area (Å²) in [4.78, 5) is 23.0. The van der Waals surface area contributed by atoms with Gasteiger partial charge in [0.1, 0.15) is 16.3 Å². The average molecular weight is 363 g/mol. The summed E-state index contributed by atoms with van der Waals surface area (Å²) in [5.74, 6) is -0.362. The molecule has 26 heavy (non-hydrogen) atoms. The van der Waals surface area contributed by atoms with Crippen molar-refractivity contribution in [2.45, 2.75) is 20.5 Å². The minimum atomic E-state index is -0.362. The third-order valence-electron chi connectivity index (χ3n) is 4.09. The molecule has 4 aromatic rings. The van der Waals surface area contributed by atoms with Gasteiger partial charge in [0.2, 0.25) is 0 Å². The number of esters is 1. The van der Waals surface area contributed by atoms with E-state index < -0.39 is 0 Å². The summed E-state index contributed by atoms with van der Waals surface area (Å²) in [6, 6.07) is 11.4. The first-order chi connectivity index (χ1) is 12.6. The molecule has 0 bridgehead atoms. The first-order valence-electron chi connectivity index (χ1n) is 8.24. The van der Waals surface area contributed by atoms with E-state index in [9.17, 15) is 4.79 Å². The fourth-order valence-electron chi connectivity index (χ4n) is 2.98. The molecule has 0 aliphatic carbocycles. The van der Waals surface area contributed by atoms with E-state index in [-0.39, 0.29) is 12.6 Å². The van der Waals surface area contributed by atoms with Gasteiger partial charge in [0, 0.05) is 29.7 Å². The van der Waals surface area contributed by atoms with Crippen LogP contribution in [0.3, 0.4) is 0 Å². The lowest BCUT2D eigenvalue weighted by atomic mass is 10.1. The molecule has 0 N–H and O–H groups in total. The molecule has 0 aliphatic heterocycles. The molecular weight excluding hydrogens is 346 g/mol. The summed E-state index contributed by atoms with van der Waals surface area (Å²) in [5, 5.41) is 0.988. The van der Waals surface area contributed by atoms with Crippen LogP contribution in [-0.4, -0.2) is 20.5 Å². The number of carbonyl (C=O) groups excluding carboxylic acids is 1. The van der Waals surface area contributed by atoms with E-state index in [0.717, 1.165) is 32.9 Å². The van der Waals surface area contributed by atoms with Crippen molar-refractivity contribution in [1.29, 1.82) is 0 Å². The second-order valence-electron chi connectivity index (χ2n) is 6.03. The molecule has 130 valence electrons. The molecule has 5 nitrogen and oxygen atoms in total. The van der Waals surface area contributed by atoms with E-state index in [0.29, 0.717) is 4.88 Å². The van der Waals surface area contributed by atoms with Crippen molar-refractivity contribution in [3.63, 3.8) is 0 Å². The van der Waals surface area contributed by atoms with Crippen molar-refractivity contribution in [2.75, 3.05) is 0 Å². The monoisotopic (exact) mass is 363 g/mol. The maximum absolute atomic E-state index is 12.8. The van der Waals surface area contributed by atoms with Crippen molar-refractivity contribution < 1.29 is 9.53 Å². The van der Waals surface area contributed by atoms with Crippen LogP contribution in [0.4, 0.5) is 0 Å². The third kappa shape index (κ3) is 2.99. The number of thiophene rings is 1. The fourth-order valence-corrected chi connectivity index (χ4v) is 4.17. The number of pyridine rings is 2. The van der Waals surface area contributed by atoms with E-state index in [1.807, 2.05) is 67.2 Å². The molecule has 0 spiro atoms. The van der Waals surface area contributed by atoms with Gasteiger partial charge in [0.15, 0.2) is 0 Å². The van der Waals surface area contributed by atoms with Crippen LogP contribution in [-0.2, 0) is 11.3 Å². The highest BCUT2D eigenvalue weighted by molar-refractivity contribution is 7.21. The summed E-state index contributed by atoms with van der Waals surface area (Å²) in [6.45, 7) is 4.14. The van der Waals surface area contributed by atoms with Gasteiger partial charge in [-0.2, -0.15) is 0 Å². The normalized spacial score (nSPS) is 11.0. The molecule has 4 rings (SSSR count). The largest absolute Gasteiger partial charge is 0.455 e. The highest BCUT2D eigenvalue weighted by Crippen LogP contribution is 2.36. The van der Waals surface area contributed by atoms with Gasteiger partial charge in [-0.15, -0.1) is 11.3 Å². The number of hydrogen-bond donors (Lipinski definition) is 0. The van der Waals surface area contributed by atoms with Crippen molar-refractivity contribution >= 4 is 27.5 Å². The van der Waals surface area contributed by atoms with Crippen LogP contribution in [0.5, 0.6) is 0 Å². The number of aromatic nitrogens is 3. The SMILES string of the molecule is Cc1cc(C)c2c(-n3cccc3)c(C(=O)OCc3ccccn3)sc2n1.